The monoisotopic (exact) mass is 302 g/mol. The zero-order valence-electron chi connectivity index (χ0n) is 11.3. The van der Waals surface area contributed by atoms with E-state index in [1.807, 2.05) is 18.2 Å². The SMILES string of the molecule is C[C@H]1CN([C@@H](CN)c2ccc(Cl)c(Cl)c2)C[C@H](C)O1. The fourth-order valence-corrected chi connectivity index (χ4v) is 2.99. The Labute approximate surface area is 124 Å². The Bertz CT molecular complexity index is 431. The van der Waals surface area contributed by atoms with Crippen LogP contribution in [-0.4, -0.2) is 36.7 Å². The zero-order chi connectivity index (χ0) is 14.0. The lowest BCUT2D eigenvalue weighted by Gasteiger charge is -2.40. The summed E-state index contributed by atoms with van der Waals surface area (Å²) in [4.78, 5) is 2.36. The standard InChI is InChI=1S/C14H20Cl2N2O/c1-9-7-18(8-10(2)19-9)14(6-17)11-3-4-12(15)13(16)5-11/h3-5,9-10,14H,6-8,17H2,1-2H3/t9-,10-,14-/m0/s1. The molecular weight excluding hydrogens is 283 g/mol. The van der Waals surface area contributed by atoms with E-state index in [1.54, 1.807) is 0 Å². The molecule has 0 bridgehead atoms. The minimum absolute atomic E-state index is 0.156. The third-order valence-corrected chi connectivity index (χ3v) is 4.18. The van der Waals surface area contributed by atoms with Crippen LogP contribution in [0.15, 0.2) is 18.2 Å². The quantitative estimate of drug-likeness (QED) is 0.932. The van der Waals surface area contributed by atoms with Crippen LogP contribution in [0.1, 0.15) is 25.5 Å². The van der Waals surface area contributed by atoms with Gasteiger partial charge in [-0.2, -0.15) is 0 Å². The number of ether oxygens (including phenoxy) is 1. The van der Waals surface area contributed by atoms with Gasteiger partial charge in [0.2, 0.25) is 0 Å². The van der Waals surface area contributed by atoms with E-state index in [0.717, 1.165) is 18.7 Å². The molecule has 0 amide bonds. The van der Waals surface area contributed by atoms with Gasteiger partial charge in [0, 0.05) is 25.7 Å². The Morgan fingerprint density at radius 2 is 1.89 bits per heavy atom. The van der Waals surface area contributed by atoms with Gasteiger partial charge in [-0.1, -0.05) is 29.3 Å². The summed E-state index contributed by atoms with van der Waals surface area (Å²) in [6.07, 6.45) is 0.446. The predicted octanol–water partition coefficient (Wildman–Crippen LogP) is 3.10. The highest BCUT2D eigenvalue weighted by molar-refractivity contribution is 6.42. The van der Waals surface area contributed by atoms with Gasteiger partial charge in [-0.05, 0) is 31.5 Å². The number of benzene rings is 1. The van der Waals surface area contributed by atoms with Gasteiger partial charge >= 0.3 is 0 Å². The lowest BCUT2D eigenvalue weighted by molar-refractivity contribution is -0.0799. The van der Waals surface area contributed by atoms with Crippen LogP contribution in [0.3, 0.4) is 0 Å². The van der Waals surface area contributed by atoms with E-state index in [-0.39, 0.29) is 18.2 Å². The second kappa shape index (κ2) is 6.42. The summed E-state index contributed by atoms with van der Waals surface area (Å²) in [7, 11) is 0. The van der Waals surface area contributed by atoms with Crippen molar-refractivity contribution in [3.63, 3.8) is 0 Å². The molecule has 0 radical (unpaired) electrons. The van der Waals surface area contributed by atoms with Crippen LogP contribution >= 0.6 is 23.2 Å². The highest BCUT2D eigenvalue weighted by Gasteiger charge is 2.28. The molecule has 3 atom stereocenters. The summed E-state index contributed by atoms with van der Waals surface area (Å²) in [5.41, 5.74) is 7.07. The van der Waals surface area contributed by atoms with Crippen molar-refractivity contribution in [2.45, 2.75) is 32.1 Å². The molecule has 0 saturated carbocycles. The molecule has 1 aliphatic heterocycles. The van der Waals surface area contributed by atoms with Gasteiger partial charge in [0.1, 0.15) is 0 Å². The first kappa shape index (κ1) is 15.1. The predicted molar refractivity (Wildman–Crippen MR) is 79.8 cm³/mol. The lowest BCUT2D eigenvalue weighted by Crippen LogP contribution is -2.48. The Morgan fingerprint density at radius 1 is 1.26 bits per heavy atom. The maximum absolute atomic E-state index is 6.10. The molecule has 0 aliphatic carbocycles. The van der Waals surface area contributed by atoms with E-state index in [2.05, 4.69) is 18.7 Å². The fraction of sp³-hybridized carbons (Fsp3) is 0.571. The fourth-order valence-electron chi connectivity index (χ4n) is 2.69. The van der Waals surface area contributed by atoms with E-state index >= 15 is 0 Å². The summed E-state index contributed by atoms with van der Waals surface area (Å²) in [6.45, 7) is 6.49. The van der Waals surface area contributed by atoms with Crippen molar-refractivity contribution in [1.82, 2.24) is 4.90 Å². The molecule has 0 unspecified atom stereocenters. The summed E-state index contributed by atoms with van der Waals surface area (Å²) in [5, 5.41) is 1.15. The maximum Gasteiger partial charge on any atom is 0.0678 e. The van der Waals surface area contributed by atoms with Crippen molar-refractivity contribution in [1.29, 1.82) is 0 Å². The number of hydrogen-bond acceptors (Lipinski definition) is 3. The number of nitrogens with two attached hydrogens (primary N) is 1. The van der Waals surface area contributed by atoms with E-state index in [9.17, 15) is 0 Å². The second-order valence-corrected chi connectivity index (χ2v) is 5.95. The van der Waals surface area contributed by atoms with Crippen molar-refractivity contribution in [3.8, 4) is 0 Å². The molecular formula is C14H20Cl2N2O. The molecule has 106 valence electrons. The summed E-state index contributed by atoms with van der Waals surface area (Å²) in [6, 6.07) is 5.89. The Kier molecular flexibility index (Phi) is 5.09. The topological polar surface area (TPSA) is 38.5 Å². The van der Waals surface area contributed by atoms with Crippen LogP contribution in [0.4, 0.5) is 0 Å². The molecule has 5 heteroatoms. The van der Waals surface area contributed by atoms with Gasteiger partial charge < -0.3 is 10.5 Å². The van der Waals surface area contributed by atoms with Crippen molar-refractivity contribution < 1.29 is 4.74 Å². The van der Waals surface area contributed by atoms with Crippen LogP contribution in [0.2, 0.25) is 10.0 Å². The molecule has 1 aromatic carbocycles. The number of rotatable bonds is 3. The molecule has 0 spiro atoms. The van der Waals surface area contributed by atoms with Crippen LogP contribution in [0.25, 0.3) is 0 Å². The normalized spacial score (nSPS) is 26.4. The Hall–Kier alpha value is -0.320. The third kappa shape index (κ3) is 3.61. The summed E-state index contributed by atoms with van der Waals surface area (Å²) < 4.78 is 5.76. The molecule has 1 saturated heterocycles. The number of halogens is 2. The van der Waals surface area contributed by atoms with Crippen LogP contribution in [0.5, 0.6) is 0 Å². The average molecular weight is 303 g/mol. The molecule has 2 rings (SSSR count). The van der Waals surface area contributed by atoms with E-state index in [4.69, 9.17) is 33.7 Å². The lowest BCUT2D eigenvalue weighted by atomic mass is 10.0. The van der Waals surface area contributed by atoms with Gasteiger partial charge in [0.25, 0.3) is 0 Å². The van der Waals surface area contributed by atoms with Gasteiger partial charge in [0.15, 0.2) is 0 Å². The molecule has 1 heterocycles. The molecule has 1 fully saturated rings. The first-order valence-corrected chi connectivity index (χ1v) is 7.31. The minimum atomic E-state index is 0.156. The van der Waals surface area contributed by atoms with Gasteiger partial charge in [-0.3, -0.25) is 4.90 Å². The minimum Gasteiger partial charge on any atom is -0.373 e. The van der Waals surface area contributed by atoms with Crippen molar-refractivity contribution >= 4 is 23.2 Å². The number of morpholine rings is 1. The Morgan fingerprint density at radius 3 is 2.42 bits per heavy atom. The first-order valence-electron chi connectivity index (χ1n) is 6.55. The van der Waals surface area contributed by atoms with E-state index in [0.29, 0.717) is 16.6 Å². The Balaban J connectivity index is 2.21. The molecule has 0 aromatic heterocycles. The van der Waals surface area contributed by atoms with Crippen LogP contribution in [-0.2, 0) is 4.74 Å². The molecule has 19 heavy (non-hydrogen) atoms. The van der Waals surface area contributed by atoms with Crippen molar-refractivity contribution in [2.75, 3.05) is 19.6 Å². The van der Waals surface area contributed by atoms with Crippen molar-refractivity contribution in [2.24, 2.45) is 5.73 Å². The average Bonchev–Trinajstić information content (AvgIpc) is 2.33. The van der Waals surface area contributed by atoms with E-state index in [1.165, 1.54) is 0 Å². The molecule has 1 aromatic rings. The number of hydrogen-bond donors (Lipinski definition) is 1. The van der Waals surface area contributed by atoms with Gasteiger partial charge in [0.05, 0.1) is 22.3 Å². The zero-order valence-corrected chi connectivity index (χ0v) is 12.8. The maximum atomic E-state index is 6.10. The van der Waals surface area contributed by atoms with Crippen LogP contribution < -0.4 is 5.73 Å². The highest BCUT2D eigenvalue weighted by atomic mass is 35.5. The number of nitrogens with zero attached hydrogens (tertiary/aromatic N) is 1. The van der Waals surface area contributed by atoms with Crippen molar-refractivity contribution in [3.05, 3.63) is 33.8 Å². The van der Waals surface area contributed by atoms with Gasteiger partial charge in [-0.25, -0.2) is 0 Å². The second-order valence-electron chi connectivity index (χ2n) is 5.14. The first-order chi connectivity index (χ1) is 9.01. The highest BCUT2D eigenvalue weighted by Crippen LogP contribution is 2.29. The third-order valence-electron chi connectivity index (χ3n) is 3.44. The van der Waals surface area contributed by atoms with Gasteiger partial charge in [-0.15, -0.1) is 0 Å². The van der Waals surface area contributed by atoms with E-state index < -0.39 is 0 Å². The smallest absolute Gasteiger partial charge is 0.0678 e. The largest absolute Gasteiger partial charge is 0.373 e. The summed E-state index contributed by atoms with van der Waals surface area (Å²) >= 11 is 12.1. The summed E-state index contributed by atoms with van der Waals surface area (Å²) in [5.74, 6) is 0. The van der Waals surface area contributed by atoms with Crippen LogP contribution in [0, 0.1) is 0 Å². The molecule has 2 N–H and O–H groups in total. The molecule has 1 aliphatic rings. The molecule has 3 nitrogen and oxygen atoms in total.